The molecule has 0 aliphatic heterocycles. The first-order valence-corrected chi connectivity index (χ1v) is 7.82. The fraction of sp³-hybridized carbons (Fsp3) is 0.357. The lowest BCUT2D eigenvalue weighted by Crippen LogP contribution is -2.18. The van der Waals surface area contributed by atoms with Gasteiger partial charge in [0.2, 0.25) is 0 Å². The van der Waals surface area contributed by atoms with Crippen LogP contribution < -0.4 is 5.32 Å². The van der Waals surface area contributed by atoms with Crippen LogP contribution in [0.4, 0.5) is 0 Å². The molecule has 1 atom stereocenters. The summed E-state index contributed by atoms with van der Waals surface area (Å²) in [6.45, 7) is 3.00. The van der Waals surface area contributed by atoms with E-state index in [-0.39, 0.29) is 0 Å². The predicted molar refractivity (Wildman–Crippen MR) is 78.9 cm³/mol. The van der Waals surface area contributed by atoms with E-state index in [2.05, 4.69) is 51.4 Å². The first-order valence-electron chi connectivity index (χ1n) is 6.15. The molecule has 3 rings (SSSR count). The van der Waals surface area contributed by atoms with Gasteiger partial charge in [0.1, 0.15) is 0 Å². The van der Waals surface area contributed by atoms with Crippen LogP contribution in [0.15, 0.2) is 28.2 Å². The average Bonchev–Trinajstić information content (AvgIpc) is 2.94. The van der Waals surface area contributed by atoms with Gasteiger partial charge in [0, 0.05) is 21.9 Å². The number of halogens is 1. The Morgan fingerprint density at radius 3 is 3.17 bits per heavy atom. The minimum Gasteiger partial charge on any atom is -0.305 e. The maximum atomic E-state index is 4.29. The summed E-state index contributed by atoms with van der Waals surface area (Å²) in [5.41, 5.74) is 5.99. The second kappa shape index (κ2) is 5.11. The second-order valence-corrected chi connectivity index (χ2v) is 6.43. The maximum Gasteiger partial charge on any atom is 0.0798 e. The molecule has 2 aromatic rings. The highest BCUT2D eigenvalue weighted by Gasteiger charge is 2.23. The fourth-order valence-corrected chi connectivity index (χ4v) is 3.84. The topological polar surface area (TPSA) is 24.9 Å². The van der Waals surface area contributed by atoms with Crippen LogP contribution in [0.2, 0.25) is 0 Å². The molecular weight excluding hydrogens is 308 g/mol. The number of aromatic nitrogens is 1. The molecule has 0 amide bonds. The minimum absolute atomic E-state index is 0.485. The van der Waals surface area contributed by atoms with Crippen LogP contribution in [0.5, 0.6) is 0 Å². The van der Waals surface area contributed by atoms with Crippen molar-refractivity contribution in [1.82, 2.24) is 10.3 Å². The summed E-state index contributed by atoms with van der Waals surface area (Å²) < 4.78 is 1.25. The van der Waals surface area contributed by atoms with Crippen molar-refractivity contribution in [2.45, 2.75) is 32.4 Å². The molecule has 0 saturated carbocycles. The molecule has 0 saturated heterocycles. The van der Waals surface area contributed by atoms with Gasteiger partial charge in [0.05, 0.1) is 11.2 Å². The maximum absolute atomic E-state index is 4.29. The first-order chi connectivity index (χ1) is 8.75. The van der Waals surface area contributed by atoms with Gasteiger partial charge in [-0.15, -0.1) is 11.3 Å². The lowest BCUT2D eigenvalue weighted by atomic mass is 10.1. The van der Waals surface area contributed by atoms with Crippen molar-refractivity contribution in [2.24, 2.45) is 0 Å². The van der Waals surface area contributed by atoms with E-state index in [1.54, 1.807) is 11.3 Å². The largest absolute Gasteiger partial charge is 0.305 e. The van der Waals surface area contributed by atoms with Crippen molar-refractivity contribution in [3.63, 3.8) is 0 Å². The number of hydrogen-bond donors (Lipinski definition) is 1. The number of aryl methyl sites for hydroxylation is 1. The molecular formula is C14H15BrN2S. The zero-order valence-electron chi connectivity index (χ0n) is 10.2. The van der Waals surface area contributed by atoms with Crippen LogP contribution in [0.1, 0.15) is 34.2 Å². The average molecular weight is 323 g/mol. The van der Waals surface area contributed by atoms with E-state index in [4.69, 9.17) is 0 Å². The van der Waals surface area contributed by atoms with E-state index < -0.39 is 0 Å². The molecule has 0 radical (unpaired) electrons. The minimum atomic E-state index is 0.485. The quantitative estimate of drug-likeness (QED) is 0.924. The SMILES string of the molecule is Cc1ncsc1CNC1CCc2c(Br)cccc21. The van der Waals surface area contributed by atoms with Crippen LogP contribution in [-0.2, 0) is 13.0 Å². The zero-order chi connectivity index (χ0) is 12.5. The van der Waals surface area contributed by atoms with Gasteiger partial charge in [0.15, 0.2) is 0 Å². The summed E-state index contributed by atoms with van der Waals surface area (Å²) in [6.07, 6.45) is 2.35. The normalized spacial score (nSPS) is 18.0. The number of fused-ring (bicyclic) bond motifs is 1. The number of benzene rings is 1. The number of hydrogen-bond acceptors (Lipinski definition) is 3. The summed E-state index contributed by atoms with van der Waals surface area (Å²) in [7, 11) is 0. The van der Waals surface area contributed by atoms with Gasteiger partial charge in [-0.3, -0.25) is 0 Å². The molecule has 18 heavy (non-hydrogen) atoms. The van der Waals surface area contributed by atoms with E-state index >= 15 is 0 Å². The third kappa shape index (κ3) is 2.25. The van der Waals surface area contributed by atoms with Crippen molar-refractivity contribution >= 4 is 27.3 Å². The molecule has 0 spiro atoms. The Morgan fingerprint density at radius 2 is 2.39 bits per heavy atom. The van der Waals surface area contributed by atoms with Crippen LogP contribution in [0.3, 0.4) is 0 Å². The Morgan fingerprint density at radius 1 is 1.50 bits per heavy atom. The van der Waals surface area contributed by atoms with Gasteiger partial charge in [0.25, 0.3) is 0 Å². The summed E-state index contributed by atoms with van der Waals surface area (Å²) >= 11 is 5.37. The smallest absolute Gasteiger partial charge is 0.0798 e. The van der Waals surface area contributed by atoms with E-state index in [9.17, 15) is 0 Å². The molecule has 1 heterocycles. The van der Waals surface area contributed by atoms with E-state index in [0.29, 0.717) is 6.04 Å². The van der Waals surface area contributed by atoms with Gasteiger partial charge in [-0.25, -0.2) is 4.98 Å². The Kier molecular flexibility index (Phi) is 3.50. The number of thiazole rings is 1. The standard InChI is InChI=1S/C14H15BrN2S/c1-9-14(18-8-17-9)7-16-13-6-5-10-11(13)3-2-4-12(10)15/h2-4,8,13,16H,5-7H2,1H3. The first kappa shape index (κ1) is 12.3. The van der Waals surface area contributed by atoms with Crippen LogP contribution >= 0.6 is 27.3 Å². The summed E-state index contributed by atoms with van der Waals surface area (Å²) in [5.74, 6) is 0. The lowest BCUT2D eigenvalue weighted by Gasteiger charge is -2.13. The van der Waals surface area contributed by atoms with Crippen LogP contribution in [0, 0.1) is 6.92 Å². The third-order valence-electron chi connectivity index (χ3n) is 3.57. The number of nitrogens with one attached hydrogen (secondary N) is 1. The molecule has 2 nitrogen and oxygen atoms in total. The second-order valence-electron chi connectivity index (χ2n) is 4.64. The van der Waals surface area contributed by atoms with Crippen LogP contribution in [-0.4, -0.2) is 4.98 Å². The Balaban J connectivity index is 1.74. The lowest BCUT2D eigenvalue weighted by molar-refractivity contribution is 0.532. The molecule has 1 unspecified atom stereocenters. The zero-order valence-corrected chi connectivity index (χ0v) is 12.6. The van der Waals surface area contributed by atoms with Gasteiger partial charge >= 0.3 is 0 Å². The summed E-state index contributed by atoms with van der Waals surface area (Å²) in [5, 5.41) is 3.66. The van der Waals surface area contributed by atoms with Crippen molar-refractivity contribution in [2.75, 3.05) is 0 Å². The third-order valence-corrected chi connectivity index (χ3v) is 5.25. The highest BCUT2D eigenvalue weighted by Crippen LogP contribution is 2.35. The number of rotatable bonds is 3. The fourth-order valence-electron chi connectivity index (χ4n) is 2.53. The van der Waals surface area contributed by atoms with Crippen molar-refractivity contribution < 1.29 is 0 Å². The van der Waals surface area contributed by atoms with Gasteiger partial charge in [-0.1, -0.05) is 28.1 Å². The van der Waals surface area contributed by atoms with Gasteiger partial charge < -0.3 is 5.32 Å². The Bertz CT molecular complexity index is 565. The summed E-state index contributed by atoms with van der Waals surface area (Å²) in [4.78, 5) is 5.64. The molecule has 1 N–H and O–H groups in total. The molecule has 1 aliphatic carbocycles. The van der Waals surface area contributed by atoms with E-state index in [1.165, 1.54) is 26.9 Å². The Labute approximate surface area is 120 Å². The van der Waals surface area contributed by atoms with Crippen molar-refractivity contribution in [1.29, 1.82) is 0 Å². The van der Waals surface area contributed by atoms with E-state index in [0.717, 1.165) is 18.7 Å². The number of nitrogens with zero attached hydrogens (tertiary/aromatic N) is 1. The van der Waals surface area contributed by atoms with E-state index in [1.807, 2.05) is 5.51 Å². The molecule has 0 bridgehead atoms. The molecule has 0 fully saturated rings. The van der Waals surface area contributed by atoms with Gasteiger partial charge in [-0.05, 0) is 37.0 Å². The monoisotopic (exact) mass is 322 g/mol. The molecule has 1 aliphatic rings. The van der Waals surface area contributed by atoms with Crippen molar-refractivity contribution in [3.05, 3.63) is 49.9 Å². The molecule has 1 aromatic heterocycles. The molecule has 4 heteroatoms. The van der Waals surface area contributed by atoms with Crippen molar-refractivity contribution in [3.8, 4) is 0 Å². The highest BCUT2D eigenvalue weighted by molar-refractivity contribution is 9.10. The predicted octanol–water partition coefficient (Wildman–Crippen LogP) is 3.99. The highest BCUT2D eigenvalue weighted by atomic mass is 79.9. The Hall–Kier alpha value is -0.710. The van der Waals surface area contributed by atoms with Crippen LogP contribution in [0.25, 0.3) is 0 Å². The molecule has 94 valence electrons. The van der Waals surface area contributed by atoms with Gasteiger partial charge in [-0.2, -0.15) is 0 Å². The summed E-state index contributed by atoms with van der Waals surface area (Å²) in [6, 6.07) is 6.98. The molecule has 1 aromatic carbocycles.